The van der Waals surface area contributed by atoms with Gasteiger partial charge >= 0.3 is 0 Å². The lowest BCUT2D eigenvalue weighted by atomic mass is 10.3. The molecule has 21 heavy (non-hydrogen) atoms. The number of carbonyl (C=O) groups is 1. The molecule has 2 aromatic rings. The Labute approximate surface area is 138 Å². The van der Waals surface area contributed by atoms with E-state index in [1.165, 1.54) is 18.3 Å². The number of aromatic nitrogens is 1. The molecule has 110 valence electrons. The highest BCUT2D eigenvalue weighted by atomic mass is 79.9. The van der Waals surface area contributed by atoms with Crippen LogP contribution in [0.4, 0.5) is 0 Å². The first-order chi connectivity index (χ1) is 9.90. The molecule has 0 saturated carbocycles. The molecule has 1 amide bonds. The predicted octanol–water partition coefficient (Wildman–Crippen LogP) is 2.23. The summed E-state index contributed by atoms with van der Waals surface area (Å²) in [6.45, 7) is 0. The van der Waals surface area contributed by atoms with Crippen molar-refractivity contribution < 1.29 is 13.2 Å². The molecule has 1 heterocycles. The number of rotatable bonds is 4. The van der Waals surface area contributed by atoms with Crippen molar-refractivity contribution in [2.45, 2.75) is 4.90 Å². The third kappa shape index (κ3) is 4.10. The van der Waals surface area contributed by atoms with Crippen molar-refractivity contribution in [2.75, 3.05) is 0 Å². The van der Waals surface area contributed by atoms with Gasteiger partial charge < -0.3 is 0 Å². The molecule has 1 aromatic heterocycles. The maximum Gasteiger partial charge on any atom is 0.284 e. The van der Waals surface area contributed by atoms with Crippen LogP contribution in [-0.2, 0) is 10.0 Å². The molecule has 2 N–H and O–H groups in total. The van der Waals surface area contributed by atoms with E-state index in [0.29, 0.717) is 8.95 Å². The van der Waals surface area contributed by atoms with Crippen LogP contribution >= 0.6 is 31.9 Å². The van der Waals surface area contributed by atoms with Gasteiger partial charge in [-0.1, -0.05) is 22.0 Å². The Balaban J connectivity index is 2.15. The highest BCUT2D eigenvalue weighted by molar-refractivity contribution is 9.11. The molecule has 0 spiro atoms. The minimum Gasteiger partial charge on any atom is -0.272 e. The van der Waals surface area contributed by atoms with Gasteiger partial charge in [-0.25, -0.2) is 8.42 Å². The van der Waals surface area contributed by atoms with E-state index in [0.717, 1.165) is 0 Å². The lowest BCUT2D eigenvalue weighted by molar-refractivity contribution is 0.0940. The summed E-state index contributed by atoms with van der Waals surface area (Å²) in [5.41, 5.74) is 2.21. The van der Waals surface area contributed by atoms with E-state index in [1.54, 1.807) is 24.3 Å². The number of hydrazine groups is 1. The average Bonchev–Trinajstić information content (AvgIpc) is 2.48. The molecule has 0 unspecified atom stereocenters. The number of pyridine rings is 1. The molecular formula is C12H9Br2N3O3S. The fourth-order valence-electron chi connectivity index (χ4n) is 1.41. The third-order valence-corrected chi connectivity index (χ3v) is 5.11. The molecule has 1 aromatic carbocycles. The van der Waals surface area contributed by atoms with Crippen LogP contribution in [0, 0.1) is 0 Å². The first-order valence-corrected chi connectivity index (χ1v) is 8.65. The van der Waals surface area contributed by atoms with Gasteiger partial charge in [0.15, 0.2) is 0 Å². The maximum absolute atomic E-state index is 12.1. The number of amides is 1. The zero-order valence-corrected chi connectivity index (χ0v) is 14.4. The van der Waals surface area contributed by atoms with E-state index in [-0.39, 0.29) is 10.6 Å². The molecule has 9 heteroatoms. The highest BCUT2D eigenvalue weighted by Gasteiger charge is 2.19. The van der Waals surface area contributed by atoms with Crippen molar-refractivity contribution in [3.63, 3.8) is 0 Å². The lowest BCUT2D eigenvalue weighted by Crippen LogP contribution is -2.41. The molecule has 6 nitrogen and oxygen atoms in total. The summed E-state index contributed by atoms with van der Waals surface area (Å²) in [5, 5.41) is 0. The molecule has 0 bridgehead atoms. The van der Waals surface area contributed by atoms with E-state index in [9.17, 15) is 13.2 Å². The fraction of sp³-hybridized carbons (Fsp3) is 0. The Morgan fingerprint density at radius 1 is 1.14 bits per heavy atom. The minimum absolute atomic E-state index is 0.00167. The first kappa shape index (κ1) is 16.1. The van der Waals surface area contributed by atoms with Crippen molar-refractivity contribution in [2.24, 2.45) is 0 Å². The van der Waals surface area contributed by atoms with E-state index in [2.05, 4.69) is 42.3 Å². The largest absolute Gasteiger partial charge is 0.284 e. The lowest BCUT2D eigenvalue weighted by Gasteiger charge is -2.09. The molecular weight excluding hydrogens is 426 g/mol. The van der Waals surface area contributed by atoms with Gasteiger partial charge in [-0.3, -0.25) is 15.2 Å². The van der Waals surface area contributed by atoms with Crippen molar-refractivity contribution in [3.05, 3.63) is 57.2 Å². The van der Waals surface area contributed by atoms with Gasteiger partial charge in [0.2, 0.25) is 0 Å². The maximum atomic E-state index is 12.1. The Morgan fingerprint density at radius 2 is 1.90 bits per heavy atom. The summed E-state index contributed by atoms with van der Waals surface area (Å²) in [6, 6.07) is 9.44. The molecule has 0 aliphatic heterocycles. The van der Waals surface area contributed by atoms with E-state index < -0.39 is 15.9 Å². The molecule has 0 saturated heterocycles. The Bertz CT molecular complexity index is 767. The van der Waals surface area contributed by atoms with Crippen LogP contribution in [0.2, 0.25) is 0 Å². The summed E-state index contributed by atoms with van der Waals surface area (Å²) in [7, 11) is -3.90. The van der Waals surface area contributed by atoms with Crippen molar-refractivity contribution >= 4 is 47.8 Å². The summed E-state index contributed by atoms with van der Waals surface area (Å²) in [4.78, 5) is 17.6. The number of sulfonamides is 1. The normalized spacial score (nSPS) is 11.1. The number of halogens is 2. The fourth-order valence-corrected chi connectivity index (χ4v) is 3.76. The van der Waals surface area contributed by atoms with E-state index >= 15 is 0 Å². The van der Waals surface area contributed by atoms with Crippen LogP contribution in [0.3, 0.4) is 0 Å². The van der Waals surface area contributed by atoms with Gasteiger partial charge in [-0.15, -0.1) is 4.83 Å². The smallest absolute Gasteiger partial charge is 0.272 e. The molecule has 0 aliphatic carbocycles. The second-order valence-electron chi connectivity index (χ2n) is 3.85. The van der Waals surface area contributed by atoms with E-state index in [4.69, 9.17) is 0 Å². The van der Waals surface area contributed by atoms with Gasteiger partial charge in [0.1, 0.15) is 5.69 Å². The molecule has 0 atom stereocenters. The first-order valence-electron chi connectivity index (χ1n) is 5.58. The second-order valence-corrected chi connectivity index (χ2v) is 7.27. The topological polar surface area (TPSA) is 88.2 Å². The van der Waals surface area contributed by atoms with Gasteiger partial charge in [0.05, 0.1) is 4.90 Å². The number of carbonyl (C=O) groups excluding carboxylic acids is 1. The van der Waals surface area contributed by atoms with Crippen LogP contribution in [0.5, 0.6) is 0 Å². The molecule has 2 rings (SSSR count). The predicted molar refractivity (Wildman–Crippen MR) is 83.9 cm³/mol. The summed E-state index contributed by atoms with van der Waals surface area (Å²) in [6.07, 6.45) is 1.44. The Hall–Kier alpha value is -1.29. The number of nitrogens with one attached hydrogen (secondary N) is 2. The van der Waals surface area contributed by atoms with Gasteiger partial charge in [-0.2, -0.15) is 0 Å². The Morgan fingerprint density at radius 3 is 2.57 bits per heavy atom. The number of nitrogens with zero attached hydrogens (tertiary/aromatic N) is 1. The number of benzene rings is 1. The van der Waals surface area contributed by atoms with Crippen LogP contribution in [0.25, 0.3) is 0 Å². The molecule has 0 aliphatic rings. The van der Waals surface area contributed by atoms with Crippen LogP contribution in [-0.4, -0.2) is 19.3 Å². The number of hydrogen-bond acceptors (Lipinski definition) is 4. The quantitative estimate of drug-likeness (QED) is 0.722. The Kier molecular flexibility index (Phi) is 5.09. The minimum atomic E-state index is -3.90. The van der Waals surface area contributed by atoms with Crippen molar-refractivity contribution in [1.82, 2.24) is 15.2 Å². The van der Waals surface area contributed by atoms with Gasteiger partial charge in [-0.05, 0) is 46.3 Å². The monoisotopic (exact) mass is 433 g/mol. The number of hydrogen-bond donors (Lipinski definition) is 2. The highest BCUT2D eigenvalue weighted by Crippen LogP contribution is 2.25. The summed E-state index contributed by atoms with van der Waals surface area (Å²) < 4.78 is 25.3. The molecule has 0 fully saturated rings. The van der Waals surface area contributed by atoms with E-state index in [1.807, 2.05) is 4.83 Å². The third-order valence-electron chi connectivity index (χ3n) is 2.38. The van der Waals surface area contributed by atoms with Crippen molar-refractivity contribution in [3.8, 4) is 0 Å². The van der Waals surface area contributed by atoms with Crippen molar-refractivity contribution in [1.29, 1.82) is 0 Å². The second kappa shape index (κ2) is 6.65. The van der Waals surface area contributed by atoms with Crippen LogP contribution < -0.4 is 10.3 Å². The SMILES string of the molecule is O=C(NNS(=O)(=O)c1cc(Br)ccc1Br)c1ccccn1. The summed E-state index contributed by atoms with van der Waals surface area (Å²) in [5.74, 6) is -0.648. The zero-order chi connectivity index (χ0) is 15.5. The van der Waals surface area contributed by atoms with Crippen LogP contribution in [0.15, 0.2) is 56.4 Å². The zero-order valence-electron chi connectivity index (χ0n) is 10.4. The summed E-state index contributed by atoms with van der Waals surface area (Å²) >= 11 is 6.35. The average molecular weight is 435 g/mol. The van der Waals surface area contributed by atoms with Crippen LogP contribution in [0.1, 0.15) is 10.5 Å². The standard InChI is InChI=1S/C12H9Br2N3O3S/c13-8-4-5-9(14)11(7-8)21(19,20)17-16-12(18)10-3-1-2-6-15-10/h1-7,17H,(H,16,18). The van der Waals surface area contributed by atoms with Gasteiger partial charge in [0, 0.05) is 15.1 Å². The van der Waals surface area contributed by atoms with Gasteiger partial charge in [0.25, 0.3) is 15.9 Å². The molecule has 0 radical (unpaired) electrons.